The largest absolute Gasteiger partial charge is 0.465 e. The number of benzene rings is 3. The zero-order valence-electron chi connectivity index (χ0n) is 26.0. The van der Waals surface area contributed by atoms with Gasteiger partial charge in [0.15, 0.2) is 0 Å². The quantitative estimate of drug-likeness (QED) is 0.169. The van der Waals surface area contributed by atoms with Crippen LogP contribution in [0.25, 0.3) is 21.8 Å². The first-order valence-corrected chi connectivity index (χ1v) is 15.7. The van der Waals surface area contributed by atoms with Crippen molar-refractivity contribution in [2.45, 2.75) is 64.3 Å². The van der Waals surface area contributed by atoms with Gasteiger partial charge in [0.25, 0.3) is 0 Å². The van der Waals surface area contributed by atoms with Crippen molar-refractivity contribution in [3.63, 3.8) is 0 Å². The average molecular weight is 585 g/mol. The molecule has 0 radical (unpaired) electrons. The molecule has 0 saturated heterocycles. The highest BCUT2D eigenvalue weighted by Gasteiger charge is 2.54. The molecule has 5 rings (SSSR count). The molecule has 228 valence electrons. The van der Waals surface area contributed by atoms with Crippen LogP contribution in [0, 0.1) is 11.8 Å². The molecule has 1 aromatic heterocycles. The van der Waals surface area contributed by atoms with E-state index in [1.807, 2.05) is 62.4 Å². The molecule has 3 aromatic carbocycles. The fraction of sp³-hybridized carbons (Fsp3) is 0.444. The van der Waals surface area contributed by atoms with E-state index in [9.17, 15) is 9.90 Å². The third kappa shape index (κ3) is 6.19. The molecule has 1 heterocycles. The van der Waals surface area contributed by atoms with E-state index < -0.39 is 11.6 Å². The van der Waals surface area contributed by atoms with Crippen LogP contribution in [-0.4, -0.2) is 51.3 Å². The first kappa shape index (κ1) is 30.7. The topological polar surface area (TPSA) is 61.6 Å². The number of rotatable bonds is 12. The summed E-state index contributed by atoms with van der Waals surface area (Å²) < 4.78 is 18.4. The molecule has 2 atom stereocenters. The smallest absolute Gasteiger partial charge is 0.412 e. The van der Waals surface area contributed by atoms with Crippen LogP contribution in [0.3, 0.4) is 0 Å². The number of anilines is 1. The van der Waals surface area contributed by atoms with Gasteiger partial charge in [-0.1, -0.05) is 68.8 Å². The second kappa shape index (κ2) is 13.3. The van der Waals surface area contributed by atoms with E-state index in [1.165, 1.54) is 10.4 Å². The number of nitrogens with zero attached hydrogens (tertiary/aromatic N) is 4. The summed E-state index contributed by atoms with van der Waals surface area (Å²) in [5.41, 5.74) is 1.49. The normalized spacial score (nSPS) is 19.0. The van der Waals surface area contributed by atoms with Crippen LogP contribution < -0.4 is 4.90 Å². The number of imidazole rings is 1. The van der Waals surface area contributed by atoms with Crippen LogP contribution in [0.15, 0.2) is 78.6 Å². The molecular formula is C36H45FN4O2. The Labute approximate surface area is 254 Å². The minimum Gasteiger partial charge on any atom is -0.465 e. The van der Waals surface area contributed by atoms with Gasteiger partial charge in [0.2, 0.25) is 0 Å². The summed E-state index contributed by atoms with van der Waals surface area (Å²) >= 11 is 0. The third-order valence-electron chi connectivity index (χ3n) is 9.46. The highest BCUT2D eigenvalue weighted by Crippen LogP contribution is 2.49. The van der Waals surface area contributed by atoms with Gasteiger partial charge in [-0.3, -0.25) is 4.90 Å². The molecule has 0 bridgehead atoms. The van der Waals surface area contributed by atoms with Gasteiger partial charge in [-0.25, -0.2) is 14.2 Å². The zero-order chi connectivity index (χ0) is 30.6. The van der Waals surface area contributed by atoms with Crippen molar-refractivity contribution in [3.8, 4) is 0 Å². The first-order chi connectivity index (χ1) is 20.7. The van der Waals surface area contributed by atoms with Crippen molar-refractivity contribution in [3.05, 3.63) is 84.5 Å². The monoisotopic (exact) mass is 584 g/mol. The fourth-order valence-corrected chi connectivity index (χ4v) is 7.20. The Balaban J connectivity index is 1.24. The maximum atomic E-state index is 16.2. The van der Waals surface area contributed by atoms with E-state index >= 15 is 4.39 Å². The minimum absolute atomic E-state index is 0.139. The second-order valence-corrected chi connectivity index (χ2v) is 12.4. The highest BCUT2D eigenvalue weighted by atomic mass is 19.1. The third-order valence-corrected chi connectivity index (χ3v) is 9.46. The highest BCUT2D eigenvalue weighted by molar-refractivity contribution is 5.94. The molecule has 4 aromatic rings. The Hall–Kier alpha value is -3.71. The number of hydrogen-bond donors (Lipinski definition) is 1. The van der Waals surface area contributed by atoms with Crippen LogP contribution in [0.5, 0.6) is 0 Å². The van der Waals surface area contributed by atoms with Crippen LogP contribution in [0.2, 0.25) is 0 Å². The molecule has 1 amide bonds. The molecule has 43 heavy (non-hydrogen) atoms. The van der Waals surface area contributed by atoms with Crippen molar-refractivity contribution in [1.29, 1.82) is 0 Å². The Morgan fingerprint density at radius 2 is 1.79 bits per heavy atom. The Morgan fingerprint density at radius 1 is 1.05 bits per heavy atom. The van der Waals surface area contributed by atoms with Crippen molar-refractivity contribution in [2.75, 3.05) is 25.0 Å². The number of carbonyl (C=O) groups is 1. The molecule has 0 fully saturated rings. The van der Waals surface area contributed by atoms with Crippen LogP contribution in [-0.2, 0) is 13.5 Å². The lowest BCUT2D eigenvalue weighted by Crippen LogP contribution is -2.61. The molecular weight excluding hydrogens is 539 g/mol. The maximum absolute atomic E-state index is 16.2. The molecule has 0 aliphatic heterocycles. The number of unbranched alkanes of at least 4 members (excludes halogenated alkanes) is 2. The molecule has 1 N–H and O–H groups in total. The van der Waals surface area contributed by atoms with Gasteiger partial charge < -0.3 is 14.6 Å². The summed E-state index contributed by atoms with van der Waals surface area (Å²) in [6.07, 6.45) is 6.84. The van der Waals surface area contributed by atoms with Crippen LogP contribution in [0.1, 0.15) is 58.2 Å². The van der Waals surface area contributed by atoms with E-state index in [-0.39, 0.29) is 17.7 Å². The molecule has 0 unspecified atom stereocenters. The molecule has 0 saturated carbocycles. The number of halogens is 1. The number of aryl methyl sites for hydroxylation is 2. The lowest BCUT2D eigenvalue weighted by Gasteiger charge is -2.51. The summed E-state index contributed by atoms with van der Waals surface area (Å²) in [6, 6.07) is 21.8. The van der Waals surface area contributed by atoms with Crippen molar-refractivity contribution in [2.24, 2.45) is 18.9 Å². The number of allylic oxidation sites excluding steroid dienone is 1. The predicted octanol–water partition coefficient (Wildman–Crippen LogP) is 8.60. The summed E-state index contributed by atoms with van der Waals surface area (Å²) in [5, 5.41) is 12.6. The van der Waals surface area contributed by atoms with Crippen molar-refractivity contribution in [1.82, 2.24) is 14.5 Å². The molecule has 7 heteroatoms. The van der Waals surface area contributed by atoms with Gasteiger partial charge in [-0.05, 0) is 99.1 Å². The number of fused-ring (bicyclic) bond motifs is 2. The van der Waals surface area contributed by atoms with Gasteiger partial charge in [0.1, 0.15) is 17.2 Å². The van der Waals surface area contributed by atoms with E-state index in [0.29, 0.717) is 12.1 Å². The first-order valence-electron chi connectivity index (χ1n) is 15.7. The number of para-hydroxylation sites is 2. The molecule has 0 spiro atoms. The number of amides is 1. The van der Waals surface area contributed by atoms with E-state index in [1.54, 1.807) is 6.08 Å². The lowest BCUT2D eigenvalue weighted by molar-refractivity contribution is 0.130. The van der Waals surface area contributed by atoms with Gasteiger partial charge in [-0.15, -0.1) is 0 Å². The van der Waals surface area contributed by atoms with Gasteiger partial charge in [0, 0.05) is 19.2 Å². The van der Waals surface area contributed by atoms with Gasteiger partial charge in [-0.2, -0.15) is 0 Å². The van der Waals surface area contributed by atoms with Crippen LogP contribution >= 0.6 is 0 Å². The molecule has 1 aliphatic carbocycles. The average Bonchev–Trinajstić information content (AvgIpc) is 3.31. The van der Waals surface area contributed by atoms with E-state index in [0.717, 1.165) is 73.7 Å². The summed E-state index contributed by atoms with van der Waals surface area (Å²) in [6.45, 7) is 5.66. The Morgan fingerprint density at radius 3 is 2.53 bits per heavy atom. The lowest BCUT2D eigenvalue weighted by atomic mass is 9.66. The predicted molar refractivity (Wildman–Crippen MR) is 174 cm³/mol. The fourth-order valence-electron chi connectivity index (χ4n) is 7.20. The van der Waals surface area contributed by atoms with Gasteiger partial charge in [0.05, 0.1) is 11.0 Å². The van der Waals surface area contributed by atoms with Crippen LogP contribution in [0.4, 0.5) is 14.9 Å². The summed E-state index contributed by atoms with van der Waals surface area (Å²) in [4.78, 5) is 21.4. The SMILES string of the molecule is CC(C)[C@@]1(N(C(=O)O)c2ccc3ccccc3c2)C(F)=CCC[C@H]1CCN(C)CCCCCc1nc2ccccc2n1C. The number of hydrogen-bond acceptors (Lipinski definition) is 3. The standard InChI is InChI=1S/C36H45FN4O2/c1-26(2)36(41(35(42)43)30-21-20-27-13-7-8-14-28(27)25-30)29(15-12-18-33(36)37)22-24-39(3)23-11-5-6-19-34-38-31-16-9-10-17-32(31)40(34)4/h7-10,13-14,16-18,20-21,25-26,29H,5-6,11-12,15,19,22-24H2,1-4H3,(H,42,43)/t29-,36-/m0/s1. The van der Waals surface area contributed by atoms with E-state index in [4.69, 9.17) is 4.98 Å². The van der Waals surface area contributed by atoms with Crippen molar-refractivity contribution >= 4 is 33.6 Å². The second-order valence-electron chi connectivity index (χ2n) is 12.4. The zero-order valence-corrected chi connectivity index (χ0v) is 26.0. The number of aromatic nitrogens is 2. The van der Waals surface area contributed by atoms with E-state index in [2.05, 4.69) is 41.8 Å². The molecule has 1 aliphatic rings. The molecule has 6 nitrogen and oxygen atoms in total. The minimum atomic E-state index is -1.25. The van der Waals surface area contributed by atoms with Gasteiger partial charge >= 0.3 is 6.09 Å². The summed E-state index contributed by atoms with van der Waals surface area (Å²) in [7, 11) is 4.21. The number of carboxylic acid groups (broad SMARTS) is 1. The van der Waals surface area contributed by atoms with Crippen molar-refractivity contribution < 1.29 is 14.3 Å². The Kier molecular flexibility index (Phi) is 9.50. The summed E-state index contributed by atoms with van der Waals surface area (Å²) in [5.74, 6) is 0.421. The maximum Gasteiger partial charge on any atom is 0.412 e. The Bertz CT molecular complexity index is 1590.